The number of hydrogen-bond acceptors (Lipinski definition) is 7. The quantitative estimate of drug-likeness (QED) is 0.175. The van der Waals surface area contributed by atoms with Gasteiger partial charge in [0.15, 0.2) is 5.92 Å². The van der Waals surface area contributed by atoms with Crippen molar-refractivity contribution in [3.63, 3.8) is 0 Å². The topological polar surface area (TPSA) is 115 Å². The first-order valence-corrected chi connectivity index (χ1v) is 13.3. The molecule has 0 aliphatic rings. The van der Waals surface area contributed by atoms with Crippen molar-refractivity contribution in [3.05, 3.63) is 132 Å². The van der Waals surface area contributed by atoms with E-state index in [9.17, 15) is 19.6 Å². The molecule has 42 heavy (non-hydrogen) atoms. The SMILES string of the molecule is COc1ccc(NC(=O)C(C#N)C(c2ccccc2)C(C(=O)OCc2ccccc2)C(=O)OCc2ccccc2)cc1. The summed E-state index contributed by atoms with van der Waals surface area (Å²) < 4.78 is 16.3. The summed E-state index contributed by atoms with van der Waals surface area (Å²) in [4.78, 5) is 40.9. The molecule has 0 aliphatic carbocycles. The third kappa shape index (κ3) is 7.83. The highest BCUT2D eigenvalue weighted by molar-refractivity contribution is 6.00. The van der Waals surface area contributed by atoms with Crippen molar-refractivity contribution in [1.82, 2.24) is 0 Å². The number of carbonyl (C=O) groups excluding carboxylic acids is 3. The first kappa shape index (κ1) is 29.6. The Balaban J connectivity index is 1.68. The molecule has 0 saturated carbocycles. The number of hydrogen-bond donors (Lipinski definition) is 1. The lowest BCUT2D eigenvalue weighted by Crippen LogP contribution is -2.40. The van der Waals surface area contributed by atoms with Gasteiger partial charge in [0.1, 0.15) is 24.9 Å². The Kier molecular flexibility index (Phi) is 10.4. The lowest BCUT2D eigenvalue weighted by molar-refractivity contribution is -0.165. The first-order chi connectivity index (χ1) is 20.5. The highest BCUT2D eigenvalue weighted by Gasteiger charge is 2.45. The number of anilines is 1. The maximum Gasteiger partial charge on any atom is 0.321 e. The van der Waals surface area contributed by atoms with E-state index in [1.54, 1.807) is 103 Å². The highest BCUT2D eigenvalue weighted by Crippen LogP contribution is 2.35. The molecular weight excluding hydrogens is 532 g/mol. The van der Waals surface area contributed by atoms with Gasteiger partial charge >= 0.3 is 11.9 Å². The van der Waals surface area contributed by atoms with Gasteiger partial charge in [0, 0.05) is 11.6 Å². The Morgan fingerprint density at radius 2 is 1.19 bits per heavy atom. The molecule has 4 aromatic carbocycles. The summed E-state index contributed by atoms with van der Waals surface area (Å²) >= 11 is 0. The Labute approximate surface area is 244 Å². The molecule has 0 radical (unpaired) electrons. The van der Waals surface area contributed by atoms with Crippen LogP contribution in [0.3, 0.4) is 0 Å². The predicted molar refractivity (Wildman–Crippen MR) is 156 cm³/mol. The van der Waals surface area contributed by atoms with Crippen LogP contribution in [0.25, 0.3) is 0 Å². The Bertz CT molecular complexity index is 1450. The van der Waals surface area contributed by atoms with Crippen molar-refractivity contribution in [2.24, 2.45) is 11.8 Å². The summed E-state index contributed by atoms with van der Waals surface area (Å²) in [6.07, 6.45) is 0. The molecular formula is C34H30N2O6. The summed E-state index contributed by atoms with van der Waals surface area (Å²) in [5.74, 6) is -6.16. The van der Waals surface area contributed by atoms with E-state index in [0.717, 1.165) is 0 Å². The molecule has 1 N–H and O–H groups in total. The number of nitrogens with zero attached hydrogens (tertiary/aromatic N) is 1. The number of methoxy groups -OCH3 is 1. The molecule has 0 fully saturated rings. The third-order valence-electron chi connectivity index (χ3n) is 6.64. The molecule has 8 heteroatoms. The van der Waals surface area contributed by atoms with Crippen molar-refractivity contribution >= 4 is 23.5 Å². The van der Waals surface area contributed by atoms with Crippen LogP contribution in [0.4, 0.5) is 5.69 Å². The number of rotatable bonds is 12. The number of esters is 2. The molecule has 0 aromatic heterocycles. The van der Waals surface area contributed by atoms with Gasteiger partial charge in [-0.05, 0) is 41.0 Å². The Hall–Kier alpha value is -5.42. The van der Waals surface area contributed by atoms with Crippen molar-refractivity contribution in [2.75, 3.05) is 12.4 Å². The van der Waals surface area contributed by atoms with E-state index in [2.05, 4.69) is 5.32 Å². The lowest BCUT2D eigenvalue weighted by Gasteiger charge is -2.28. The van der Waals surface area contributed by atoms with Gasteiger partial charge in [0.05, 0.1) is 13.2 Å². The van der Waals surface area contributed by atoms with Crippen LogP contribution in [0.2, 0.25) is 0 Å². The van der Waals surface area contributed by atoms with E-state index < -0.39 is 35.6 Å². The second kappa shape index (κ2) is 14.8. The lowest BCUT2D eigenvalue weighted by atomic mass is 9.76. The van der Waals surface area contributed by atoms with E-state index in [1.807, 2.05) is 18.2 Å². The van der Waals surface area contributed by atoms with Gasteiger partial charge in [0.2, 0.25) is 5.91 Å². The molecule has 4 rings (SSSR count). The van der Waals surface area contributed by atoms with Gasteiger partial charge in [-0.3, -0.25) is 14.4 Å². The smallest absolute Gasteiger partial charge is 0.321 e. The van der Waals surface area contributed by atoms with Crippen molar-refractivity contribution in [1.29, 1.82) is 5.26 Å². The maximum absolute atomic E-state index is 13.7. The predicted octanol–water partition coefficient (Wildman–Crippen LogP) is 5.66. The minimum atomic E-state index is -1.61. The summed E-state index contributed by atoms with van der Waals surface area (Å²) in [5, 5.41) is 13.0. The molecule has 0 heterocycles. The molecule has 212 valence electrons. The van der Waals surface area contributed by atoms with Gasteiger partial charge in [-0.1, -0.05) is 91.0 Å². The van der Waals surface area contributed by atoms with Crippen LogP contribution in [0.15, 0.2) is 115 Å². The molecule has 0 spiro atoms. The number of nitrogens with one attached hydrogen (secondary N) is 1. The maximum atomic E-state index is 13.7. The molecule has 0 saturated heterocycles. The van der Waals surface area contributed by atoms with Gasteiger partial charge in [-0.2, -0.15) is 5.26 Å². The van der Waals surface area contributed by atoms with Crippen molar-refractivity contribution < 1.29 is 28.6 Å². The molecule has 4 aromatic rings. The Morgan fingerprint density at radius 3 is 1.64 bits per heavy atom. The van der Waals surface area contributed by atoms with Crippen LogP contribution in [0.1, 0.15) is 22.6 Å². The van der Waals surface area contributed by atoms with Crippen LogP contribution in [-0.2, 0) is 37.1 Å². The molecule has 0 bridgehead atoms. The van der Waals surface area contributed by atoms with Crippen LogP contribution < -0.4 is 10.1 Å². The number of amides is 1. The average Bonchev–Trinajstić information content (AvgIpc) is 3.04. The fraction of sp³-hybridized carbons (Fsp3) is 0.176. The minimum absolute atomic E-state index is 0.0983. The zero-order valence-corrected chi connectivity index (χ0v) is 23.0. The monoisotopic (exact) mass is 562 g/mol. The summed E-state index contributed by atoms with van der Waals surface area (Å²) in [7, 11) is 1.53. The summed E-state index contributed by atoms with van der Waals surface area (Å²) in [6, 6.07) is 35.1. The molecule has 0 aliphatic heterocycles. The Morgan fingerprint density at radius 1 is 0.714 bits per heavy atom. The van der Waals surface area contributed by atoms with Crippen LogP contribution >= 0.6 is 0 Å². The molecule has 8 nitrogen and oxygen atoms in total. The number of nitriles is 1. The second-order valence-corrected chi connectivity index (χ2v) is 9.43. The zero-order chi connectivity index (χ0) is 29.7. The van der Waals surface area contributed by atoms with E-state index in [-0.39, 0.29) is 13.2 Å². The minimum Gasteiger partial charge on any atom is -0.497 e. The van der Waals surface area contributed by atoms with Crippen LogP contribution in [0, 0.1) is 23.2 Å². The largest absolute Gasteiger partial charge is 0.497 e. The number of carbonyl (C=O) groups is 3. The van der Waals surface area contributed by atoms with Crippen molar-refractivity contribution in [2.45, 2.75) is 19.1 Å². The van der Waals surface area contributed by atoms with Crippen molar-refractivity contribution in [3.8, 4) is 11.8 Å². The van der Waals surface area contributed by atoms with Gasteiger partial charge in [0.25, 0.3) is 0 Å². The van der Waals surface area contributed by atoms with E-state index in [1.165, 1.54) is 7.11 Å². The van der Waals surface area contributed by atoms with Gasteiger partial charge in [-0.15, -0.1) is 0 Å². The molecule has 2 unspecified atom stereocenters. The third-order valence-corrected chi connectivity index (χ3v) is 6.64. The second-order valence-electron chi connectivity index (χ2n) is 9.43. The fourth-order valence-electron chi connectivity index (χ4n) is 4.48. The van der Waals surface area contributed by atoms with Crippen LogP contribution in [0.5, 0.6) is 5.75 Å². The highest BCUT2D eigenvalue weighted by atomic mass is 16.6. The number of ether oxygens (including phenoxy) is 3. The zero-order valence-electron chi connectivity index (χ0n) is 23.0. The van der Waals surface area contributed by atoms with Gasteiger partial charge < -0.3 is 19.5 Å². The molecule has 1 amide bonds. The number of benzene rings is 4. The molecule has 2 atom stereocenters. The fourth-order valence-corrected chi connectivity index (χ4v) is 4.48. The van der Waals surface area contributed by atoms with Gasteiger partial charge in [-0.25, -0.2) is 0 Å². The van der Waals surface area contributed by atoms with E-state index in [4.69, 9.17) is 14.2 Å². The van der Waals surface area contributed by atoms with Crippen LogP contribution in [-0.4, -0.2) is 25.0 Å². The van der Waals surface area contributed by atoms with E-state index >= 15 is 0 Å². The summed E-state index contributed by atoms with van der Waals surface area (Å²) in [6.45, 7) is -0.197. The van der Waals surface area contributed by atoms with E-state index in [0.29, 0.717) is 28.1 Å². The standard InChI is InChI=1S/C34H30N2O6/c1-40-28-19-17-27(18-20-28)36-32(37)29(21-35)30(26-15-9-4-10-16-26)31(33(38)41-22-24-11-5-2-6-12-24)34(39)42-23-25-13-7-3-8-14-25/h2-20,29-31H,22-23H2,1H3,(H,36,37). The normalized spacial score (nSPS) is 11.9. The summed E-state index contributed by atoms with van der Waals surface area (Å²) in [5.41, 5.74) is 2.29. The first-order valence-electron chi connectivity index (χ1n) is 13.3. The average molecular weight is 563 g/mol.